The fourth-order valence-electron chi connectivity index (χ4n) is 3.30. The first-order chi connectivity index (χ1) is 11.8. The number of thiocarbonyl (C=S) groups is 1. The normalized spacial score (nSPS) is 15.5. The third-order valence-electron chi connectivity index (χ3n) is 4.54. The first-order valence-corrected chi connectivity index (χ1v) is 8.93. The second-order valence-corrected chi connectivity index (χ2v) is 6.76. The summed E-state index contributed by atoms with van der Waals surface area (Å²) in [5.41, 5.74) is 4.54. The van der Waals surface area contributed by atoms with Gasteiger partial charge in [0.15, 0.2) is 5.11 Å². The van der Waals surface area contributed by atoms with E-state index >= 15 is 0 Å². The van der Waals surface area contributed by atoms with Crippen molar-refractivity contribution < 1.29 is 0 Å². The van der Waals surface area contributed by atoms with Crippen LogP contribution >= 0.6 is 12.2 Å². The molecule has 24 heavy (non-hydrogen) atoms. The van der Waals surface area contributed by atoms with Crippen molar-refractivity contribution in [3.63, 3.8) is 0 Å². The highest BCUT2D eigenvalue weighted by Crippen LogP contribution is 2.20. The van der Waals surface area contributed by atoms with E-state index in [1.807, 2.05) is 42.5 Å². The van der Waals surface area contributed by atoms with Crippen LogP contribution < -0.4 is 10.6 Å². The van der Waals surface area contributed by atoms with Gasteiger partial charge in [-0.25, -0.2) is 9.97 Å². The Kier molecular flexibility index (Phi) is 4.26. The molecule has 0 saturated heterocycles. The van der Waals surface area contributed by atoms with E-state index in [1.165, 1.54) is 32.1 Å². The number of hydrogen-bond donors (Lipinski definition) is 2. The summed E-state index contributed by atoms with van der Waals surface area (Å²) >= 11 is 5.46. The van der Waals surface area contributed by atoms with Crippen LogP contribution in [0, 0.1) is 0 Å². The molecule has 4 nitrogen and oxygen atoms in total. The molecule has 0 atom stereocenters. The van der Waals surface area contributed by atoms with Crippen LogP contribution in [0.2, 0.25) is 0 Å². The van der Waals surface area contributed by atoms with Crippen molar-refractivity contribution in [2.45, 2.75) is 38.1 Å². The van der Waals surface area contributed by atoms with Gasteiger partial charge in [-0.3, -0.25) is 0 Å². The van der Waals surface area contributed by atoms with Gasteiger partial charge in [0.25, 0.3) is 0 Å². The summed E-state index contributed by atoms with van der Waals surface area (Å²) in [4.78, 5) is 9.35. The fourth-order valence-corrected chi connectivity index (χ4v) is 3.58. The summed E-state index contributed by atoms with van der Waals surface area (Å²) < 4.78 is 0. The van der Waals surface area contributed by atoms with Gasteiger partial charge < -0.3 is 10.6 Å². The molecule has 1 heterocycles. The maximum Gasteiger partial charge on any atom is 0.170 e. The Labute approximate surface area is 146 Å². The average molecular weight is 336 g/mol. The molecule has 0 aliphatic heterocycles. The van der Waals surface area contributed by atoms with E-state index in [1.54, 1.807) is 0 Å². The van der Waals surface area contributed by atoms with Crippen LogP contribution in [0.15, 0.2) is 42.5 Å². The number of nitrogens with zero attached hydrogens (tertiary/aromatic N) is 2. The molecule has 5 heteroatoms. The highest BCUT2D eigenvalue weighted by Gasteiger charge is 2.14. The van der Waals surface area contributed by atoms with Crippen molar-refractivity contribution in [2.24, 2.45) is 0 Å². The van der Waals surface area contributed by atoms with E-state index < -0.39 is 0 Å². The number of nitrogens with one attached hydrogen (secondary N) is 2. The zero-order valence-electron chi connectivity index (χ0n) is 13.5. The highest BCUT2D eigenvalue weighted by molar-refractivity contribution is 7.80. The minimum atomic E-state index is 0.503. The molecule has 122 valence electrons. The summed E-state index contributed by atoms with van der Waals surface area (Å²) in [7, 11) is 0. The highest BCUT2D eigenvalue weighted by atomic mass is 32.1. The van der Waals surface area contributed by atoms with E-state index in [-0.39, 0.29) is 0 Å². The summed E-state index contributed by atoms with van der Waals surface area (Å²) in [6.07, 6.45) is 6.33. The van der Waals surface area contributed by atoms with Gasteiger partial charge in [0.2, 0.25) is 0 Å². The van der Waals surface area contributed by atoms with Crippen LogP contribution in [-0.2, 0) is 0 Å². The first-order valence-electron chi connectivity index (χ1n) is 8.52. The largest absolute Gasteiger partial charge is 0.360 e. The third-order valence-corrected chi connectivity index (χ3v) is 4.76. The summed E-state index contributed by atoms with van der Waals surface area (Å²) in [6.45, 7) is 0. The first kappa shape index (κ1) is 15.3. The standard InChI is InChI=1S/C19H20N4S/c24-19(20-13-6-2-1-3-7-13)21-14-10-11-17-18(12-14)23-16-9-5-4-8-15(16)22-17/h4-5,8-13H,1-3,6-7H2,(H2,20,21,24). The lowest BCUT2D eigenvalue weighted by Gasteiger charge is -2.24. The molecule has 1 aliphatic rings. The quantitative estimate of drug-likeness (QED) is 0.536. The molecule has 0 amide bonds. The Bertz CT molecular complexity index is 887. The van der Waals surface area contributed by atoms with Crippen molar-refractivity contribution in [3.05, 3.63) is 42.5 Å². The molecule has 2 N–H and O–H groups in total. The Balaban J connectivity index is 1.53. The molecule has 0 bridgehead atoms. The van der Waals surface area contributed by atoms with Crippen LogP contribution in [0.4, 0.5) is 5.69 Å². The van der Waals surface area contributed by atoms with Crippen LogP contribution in [0.25, 0.3) is 22.1 Å². The molecule has 1 aromatic heterocycles. The smallest absolute Gasteiger partial charge is 0.170 e. The van der Waals surface area contributed by atoms with Gasteiger partial charge in [0, 0.05) is 11.7 Å². The molecule has 0 spiro atoms. The zero-order chi connectivity index (χ0) is 16.4. The van der Waals surface area contributed by atoms with Crippen molar-refractivity contribution in [1.82, 2.24) is 15.3 Å². The molecular weight excluding hydrogens is 316 g/mol. The second kappa shape index (κ2) is 6.69. The van der Waals surface area contributed by atoms with Crippen LogP contribution in [-0.4, -0.2) is 21.1 Å². The zero-order valence-corrected chi connectivity index (χ0v) is 14.3. The molecule has 1 saturated carbocycles. The Morgan fingerprint density at radius 3 is 2.29 bits per heavy atom. The van der Waals surface area contributed by atoms with E-state index in [2.05, 4.69) is 15.6 Å². The fraction of sp³-hybridized carbons (Fsp3) is 0.316. The Morgan fingerprint density at radius 1 is 0.875 bits per heavy atom. The molecule has 3 aromatic rings. The maximum absolute atomic E-state index is 5.46. The van der Waals surface area contributed by atoms with Crippen LogP contribution in [0.1, 0.15) is 32.1 Å². The molecule has 1 fully saturated rings. The monoisotopic (exact) mass is 336 g/mol. The average Bonchev–Trinajstić information content (AvgIpc) is 2.60. The number of rotatable bonds is 2. The van der Waals surface area contributed by atoms with Gasteiger partial charge in [-0.05, 0) is 55.4 Å². The van der Waals surface area contributed by atoms with Crippen LogP contribution in [0.5, 0.6) is 0 Å². The molecule has 1 aliphatic carbocycles. The number of anilines is 1. The van der Waals surface area contributed by atoms with E-state index in [9.17, 15) is 0 Å². The Hall–Kier alpha value is -2.27. The van der Waals surface area contributed by atoms with E-state index in [0.29, 0.717) is 11.2 Å². The topological polar surface area (TPSA) is 49.8 Å². The van der Waals surface area contributed by atoms with E-state index in [4.69, 9.17) is 17.2 Å². The van der Waals surface area contributed by atoms with Gasteiger partial charge in [-0.1, -0.05) is 31.4 Å². The minimum Gasteiger partial charge on any atom is -0.360 e. The second-order valence-electron chi connectivity index (χ2n) is 6.35. The summed E-state index contributed by atoms with van der Waals surface area (Å²) in [5.74, 6) is 0. The molecule has 4 rings (SSSR count). The molecule has 0 unspecified atom stereocenters. The lowest BCUT2D eigenvalue weighted by Crippen LogP contribution is -2.38. The van der Waals surface area contributed by atoms with Crippen molar-refractivity contribution in [3.8, 4) is 0 Å². The van der Waals surface area contributed by atoms with Crippen molar-refractivity contribution >= 4 is 45.1 Å². The predicted molar refractivity (Wildman–Crippen MR) is 103 cm³/mol. The van der Waals surface area contributed by atoms with Gasteiger partial charge in [-0.15, -0.1) is 0 Å². The lowest BCUT2D eigenvalue weighted by atomic mass is 9.96. The Morgan fingerprint density at radius 2 is 1.54 bits per heavy atom. The van der Waals surface area contributed by atoms with Gasteiger partial charge in [0.05, 0.1) is 22.1 Å². The molecular formula is C19H20N4S. The predicted octanol–water partition coefficient (Wildman–Crippen LogP) is 4.40. The SMILES string of the molecule is S=C(Nc1ccc2nc3ccccc3nc2c1)NC1CCCCC1. The minimum absolute atomic E-state index is 0.503. The number of para-hydroxylation sites is 2. The third kappa shape index (κ3) is 3.31. The number of aromatic nitrogens is 2. The maximum atomic E-state index is 5.46. The molecule has 0 radical (unpaired) electrons. The van der Waals surface area contributed by atoms with Gasteiger partial charge in [0.1, 0.15) is 0 Å². The van der Waals surface area contributed by atoms with Crippen LogP contribution in [0.3, 0.4) is 0 Å². The van der Waals surface area contributed by atoms with Gasteiger partial charge >= 0.3 is 0 Å². The van der Waals surface area contributed by atoms with Gasteiger partial charge in [-0.2, -0.15) is 0 Å². The number of fused-ring (bicyclic) bond motifs is 2. The number of benzene rings is 2. The summed E-state index contributed by atoms with van der Waals surface area (Å²) in [6, 6.07) is 14.4. The van der Waals surface area contributed by atoms with E-state index in [0.717, 1.165) is 27.8 Å². The number of hydrogen-bond acceptors (Lipinski definition) is 3. The van der Waals surface area contributed by atoms with Crippen molar-refractivity contribution in [2.75, 3.05) is 5.32 Å². The molecule has 2 aromatic carbocycles. The summed E-state index contributed by atoms with van der Waals surface area (Å²) in [5, 5.41) is 7.40. The van der Waals surface area contributed by atoms with Crippen molar-refractivity contribution in [1.29, 1.82) is 0 Å². The lowest BCUT2D eigenvalue weighted by molar-refractivity contribution is 0.415.